The van der Waals surface area contributed by atoms with E-state index in [9.17, 15) is 9.18 Å². The van der Waals surface area contributed by atoms with E-state index < -0.39 is 0 Å². The molecule has 0 heterocycles. The molecular weight excluding hydrogens is 353 g/mol. The van der Waals surface area contributed by atoms with E-state index in [0.717, 1.165) is 35.2 Å². The molecule has 4 nitrogen and oxygen atoms in total. The molecular formula is C23H26FN3O. The Kier molecular flexibility index (Phi) is 6.43. The summed E-state index contributed by atoms with van der Waals surface area (Å²) in [5.74, 6) is -0.283. The first kappa shape index (κ1) is 20.0. The Morgan fingerprint density at radius 1 is 1.18 bits per heavy atom. The molecule has 0 unspecified atom stereocenters. The van der Waals surface area contributed by atoms with Gasteiger partial charge in [0.1, 0.15) is 5.82 Å². The van der Waals surface area contributed by atoms with Crippen LogP contribution in [-0.4, -0.2) is 29.9 Å². The summed E-state index contributed by atoms with van der Waals surface area (Å²) in [6.45, 7) is 5.19. The van der Waals surface area contributed by atoms with E-state index in [4.69, 9.17) is 5.26 Å². The van der Waals surface area contributed by atoms with E-state index in [-0.39, 0.29) is 24.7 Å². The van der Waals surface area contributed by atoms with Gasteiger partial charge in [0.05, 0.1) is 19.0 Å². The standard InChI is InChI=1S/C23H26FN3O/c1-17-11-18(2)13-22(12-17)27(10-4-9-25)23(28)16-26(21-7-8-21)15-19-5-3-6-20(24)14-19/h3,5-6,11-14,21H,4,7-8,10,15-16H2,1-2H3. The van der Waals surface area contributed by atoms with Crippen LogP contribution in [0, 0.1) is 31.0 Å². The number of anilines is 1. The Morgan fingerprint density at radius 3 is 2.50 bits per heavy atom. The topological polar surface area (TPSA) is 47.3 Å². The average Bonchev–Trinajstić information content (AvgIpc) is 3.46. The van der Waals surface area contributed by atoms with E-state index in [1.165, 1.54) is 12.1 Å². The van der Waals surface area contributed by atoms with Gasteiger partial charge in [-0.05, 0) is 67.6 Å². The molecule has 1 amide bonds. The number of hydrogen-bond acceptors (Lipinski definition) is 3. The summed E-state index contributed by atoms with van der Waals surface area (Å²) in [5.41, 5.74) is 3.88. The third kappa shape index (κ3) is 5.40. The monoisotopic (exact) mass is 379 g/mol. The molecule has 146 valence electrons. The van der Waals surface area contributed by atoms with Gasteiger partial charge in [-0.3, -0.25) is 9.69 Å². The van der Waals surface area contributed by atoms with Crippen molar-refractivity contribution < 1.29 is 9.18 Å². The molecule has 0 N–H and O–H groups in total. The number of amides is 1. The van der Waals surface area contributed by atoms with Crippen molar-refractivity contribution >= 4 is 11.6 Å². The fourth-order valence-corrected chi connectivity index (χ4v) is 3.55. The van der Waals surface area contributed by atoms with Crippen molar-refractivity contribution in [2.24, 2.45) is 0 Å². The lowest BCUT2D eigenvalue weighted by Gasteiger charge is -2.28. The molecule has 0 bridgehead atoms. The lowest BCUT2D eigenvalue weighted by Crippen LogP contribution is -2.41. The molecule has 1 aliphatic rings. The Morgan fingerprint density at radius 2 is 1.89 bits per heavy atom. The lowest BCUT2D eigenvalue weighted by atomic mass is 10.1. The first-order valence-corrected chi connectivity index (χ1v) is 9.70. The molecule has 2 aromatic carbocycles. The van der Waals surface area contributed by atoms with Crippen molar-refractivity contribution in [2.45, 2.75) is 45.7 Å². The van der Waals surface area contributed by atoms with Crippen LogP contribution in [0.1, 0.15) is 36.0 Å². The van der Waals surface area contributed by atoms with Gasteiger partial charge in [0.2, 0.25) is 5.91 Å². The summed E-state index contributed by atoms with van der Waals surface area (Å²) in [5, 5.41) is 9.02. The Balaban J connectivity index is 1.77. The highest BCUT2D eigenvalue weighted by Gasteiger charge is 2.31. The van der Waals surface area contributed by atoms with Gasteiger partial charge in [-0.1, -0.05) is 18.2 Å². The molecule has 0 radical (unpaired) electrons. The predicted octanol–water partition coefficient (Wildman–Crippen LogP) is 4.35. The lowest BCUT2D eigenvalue weighted by molar-refractivity contribution is -0.120. The second-order valence-electron chi connectivity index (χ2n) is 7.57. The molecule has 0 aromatic heterocycles. The number of benzene rings is 2. The van der Waals surface area contributed by atoms with Crippen molar-refractivity contribution in [3.05, 3.63) is 65.0 Å². The smallest absolute Gasteiger partial charge is 0.241 e. The van der Waals surface area contributed by atoms with Crippen LogP contribution in [0.2, 0.25) is 0 Å². The van der Waals surface area contributed by atoms with Gasteiger partial charge < -0.3 is 4.90 Å². The van der Waals surface area contributed by atoms with Gasteiger partial charge in [0, 0.05) is 24.8 Å². The zero-order valence-corrected chi connectivity index (χ0v) is 16.5. The summed E-state index contributed by atoms with van der Waals surface area (Å²) >= 11 is 0. The molecule has 0 saturated heterocycles. The number of nitrogens with zero attached hydrogens (tertiary/aromatic N) is 3. The van der Waals surface area contributed by atoms with Crippen molar-refractivity contribution in [3.63, 3.8) is 0 Å². The van der Waals surface area contributed by atoms with Crippen LogP contribution >= 0.6 is 0 Å². The minimum Gasteiger partial charge on any atom is -0.310 e. The maximum atomic E-state index is 13.5. The number of carbonyl (C=O) groups excluding carboxylic acids is 1. The maximum absolute atomic E-state index is 13.5. The largest absolute Gasteiger partial charge is 0.310 e. The number of rotatable bonds is 8. The SMILES string of the molecule is Cc1cc(C)cc(N(CCC#N)C(=O)CN(Cc2cccc(F)c2)C2CC2)c1. The summed E-state index contributed by atoms with van der Waals surface area (Å²) in [6, 6.07) is 15.1. The van der Waals surface area contributed by atoms with Crippen LogP contribution in [0.5, 0.6) is 0 Å². The zero-order valence-electron chi connectivity index (χ0n) is 16.5. The molecule has 28 heavy (non-hydrogen) atoms. The Bertz CT molecular complexity index is 865. The molecule has 3 rings (SSSR count). The molecule has 2 aromatic rings. The summed E-state index contributed by atoms with van der Waals surface area (Å²) < 4.78 is 13.5. The third-order valence-corrected chi connectivity index (χ3v) is 4.94. The van der Waals surface area contributed by atoms with Gasteiger partial charge in [-0.15, -0.1) is 0 Å². The molecule has 1 fully saturated rings. The quantitative estimate of drug-likeness (QED) is 0.685. The van der Waals surface area contributed by atoms with Gasteiger partial charge in [-0.2, -0.15) is 5.26 Å². The second-order valence-corrected chi connectivity index (χ2v) is 7.57. The van der Waals surface area contributed by atoms with Crippen LogP contribution in [-0.2, 0) is 11.3 Å². The van der Waals surface area contributed by atoms with E-state index >= 15 is 0 Å². The molecule has 1 saturated carbocycles. The number of aryl methyl sites for hydroxylation is 2. The van der Waals surface area contributed by atoms with Crippen molar-refractivity contribution in [3.8, 4) is 6.07 Å². The van der Waals surface area contributed by atoms with Crippen LogP contribution < -0.4 is 4.90 Å². The van der Waals surface area contributed by atoms with Crippen molar-refractivity contribution in [1.29, 1.82) is 5.26 Å². The molecule has 0 spiro atoms. The molecule has 0 atom stereocenters. The first-order valence-electron chi connectivity index (χ1n) is 9.70. The average molecular weight is 379 g/mol. The number of hydrogen-bond donors (Lipinski definition) is 0. The number of halogens is 1. The van der Waals surface area contributed by atoms with Gasteiger partial charge in [0.15, 0.2) is 0 Å². The first-order chi connectivity index (χ1) is 13.5. The number of nitriles is 1. The van der Waals surface area contributed by atoms with Crippen LogP contribution in [0.15, 0.2) is 42.5 Å². The van der Waals surface area contributed by atoms with Crippen LogP contribution in [0.4, 0.5) is 10.1 Å². The van der Waals surface area contributed by atoms with Crippen LogP contribution in [0.3, 0.4) is 0 Å². The minimum absolute atomic E-state index is 0.0245. The number of carbonyl (C=O) groups is 1. The Labute approximate surface area is 166 Å². The highest BCUT2D eigenvalue weighted by atomic mass is 19.1. The predicted molar refractivity (Wildman–Crippen MR) is 108 cm³/mol. The van der Waals surface area contributed by atoms with E-state index in [0.29, 0.717) is 19.1 Å². The van der Waals surface area contributed by atoms with Crippen molar-refractivity contribution in [2.75, 3.05) is 18.0 Å². The normalized spacial score (nSPS) is 13.4. The van der Waals surface area contributed by atoms with Gasteiger partial charge >= 0.3 is 0 Å². The van der Waals surface area contributed by atoms with Crippen LogP contribution in [0.25, 0.3) is 0 Å². The fraction of sp³-hybridized carbons (Fsp3) is 0.391. The van der Waals surface area contributed by atoms with Gasteiger partial charge in [-0.25, -0.2) is 4.39 Å². The van der Waals surface area contributed by atoms with E-state index in [1.807, 2.05) is 32.0 Å². The third-order valence-electron chi connectivity index (χ3n) is 4.94. The minimum atomic E-state index is -0.259. The van der Waals surface area contributed by atoms with Gasteiger partial charge in [0.25, 0.3) is 0 Å². The summed E-state index contributed by atoms with van der Waals surface area (Å²) in [7, 11) is 0. The zero-order chi connectivity index (χ0) is 20.1. The summed E-state index contributed by atoms with van der Waals surface area (Å²) in [6.07, 6.45) is 2.40. The van der Waals surface area contributed by atoms with E-state index in [1.54, 1.807) is 11.0 Å². The fourth-order valence-electron chi connectivity index (χ4n) is 3.55. The highest BCUT2D eigenvalue weighted by Crippen LogP contribution is 2.29. The van der Waals surface area contributed by atoms with E-state index in [2.05, 4.69) is 17.0 Å². The maximum Gasteiger partial charge on any atom is 0.241 e. The second kappa shape index (κ2) is 8.99. The van der Waals surface area contributed by atoms with Crippen molar-refractivity contribution in [1.82, 2.24) is 4.90 Å². The molecule has 5 heteroatoms. The molecule has 1 aliphatic carbocycles. The molecule has 0 aliphatic heterocycles. The Hall–Kier alpha value is -2.71. The summed E-state index contributed by atoms with van der Waals surface area (Å²) in [4.78, 5) is 17.0. The highest BCUT2D eigenvalue weighted by molar-refractivity contribution is 5.95.